The van der Waals surface area contributed by atoms with Gasteiger partial charge in [0.2, 0.25) is 0 Å². The first kappa shape index (κ1) is 11.7. The Hall–Kier alpha value is -0.340. The van der Waals surface area contributed by atoms with Crippen LogP contribution in [0.3, 0.4) is 0 Å². The molecular weight excluding hydrogens is 174 g/mol. The van der Waals surface area contributed by atoms with Crippen LogP contribution in [0, 0.1) is 5.41 Å². The van der Waals surface area contributed by atoms with Crippen molar-refractivity contribution in [3.05, 3.63) is 12.2 Å². The second kappa shape index (κ2) is 4.45. The van der Waals surface area contributed by atoms with Gasteiger partial charge >= 0.3 is 0 Å². The minimum absolute atomic E-state index is 0.284. The Labute approximate surface area is 87.9 Å². The van der Waals surface area contributed by atoms with Crippen molar-refractivity contribution in [1.82, 2.24) is 4.90 Å². The van der Waals surface area contributed by atoms with E-state index in [0.717, 1.165) is 13.0 Å². The molecule has 0 aromatic rings. The Balaban J connectivity index is 2.50. The summed E-state index contributed by atoms with van der Waals surface area (Å²) >= 11 is 0. The van der Waals surface area contributed by atoms with Gasteiger partial charge in [0.15, 0.2) is 0 Å². The average Bonchev–Trinajstić information content (AvgIpc) is 2.42. The molecule has 0 bridgehead atoms. The third-order valence-electron chi connectivity index (χ3n) is 2.71. The van der Waals surface area contributed by atoms with E-state index in [1.54, 1.807) is 7.11 Å². The normalized spacial score (nSPS) is 30.4. The molecule has 0 aromatic carbocycles. The Morgan fingerprint density at radius 3 is 2.43 bits per heavy atom. The number of nitrogens with zero attached hydrogens (tertiary/aromatic N) is 1. The molecule has 0 amide bonds. The molecule has 2 heteroatoms. The highest BCUT2D eigenvalue weighted by molar-refractivity contribution is 5.03. The highest BCUT2D eigenvalue weighted by Crippen LogP contribution is 2.22. The standard InChI is InChI=1S/C12H23NO/c1-12(2,3)7-6-10-8-11(14-5)9-13(10)4/h6-7,10-11H,8-9H2,1-5H3/b7-6+. The van der Waals surface area contributed by atoms with Gasteiger partial charge in [-0.1, -0.05) is 32.9 Å². The van der Waals surface area contributed by atoms with Crippen LogP contribution >= 0.6 is 0 Å². The van der Waals surface area contributed by atoms with Gasteiger partial charge in [0, 0.05) is 19.7 Å². The monoisotopic (exact) mass is 197 g/mol. The van der Waals surface area contributed by atoms with Gasteiger partial charge < -0.3 is 4.74 Å². The number of methoxy groups -OCH3 is 1. The molecule has 0 N–H and O–H groups in total. The summed E-state index contributed by atoms with van der Waals surface area (Å²) in [6.45, 7) is 7.74. The lowest BCUT2D eigenvalue weighted by molar-refractivity contribution is 0.111. The molecule has 1 saturated heterocycles. The summed E-state index contributed by atoms with van der Waals surface area (Å²) < 4.78 is 5.37. The molecule has 0 aromatic heterocycles. The zero-order chi connectivity index (χ0) is 10.8. The Kier molecular flexibility index (Phi) is 3.73. The SMILES string of the molecule is COC1CC(/C=C/C(C)(C)C)N(C)C1. The first-order valence-corrected chi connectivity index (χ1v) is 5.35. The van der Waals surface area contributed by atoms with Crippen molar-refractivity contribution in [3.63, 3.8) is 0 Å². The molecule has 0 aliphatic carbocycles. The molecule has 1 aliphatic rings. The average molecular weight is 197 g/mol. The summed E-state index contributed by atoms with van der Waals surface area (Å²) in [5.41, 5.74) is 0.284. The van der Waals surface area contributed by atoms with E-state index in [-0.39, 0.29) is 5.41 Å². The van der Waals surface area contributed by atoms with Crippen LogP contribution in [0.1, 0.15) is 27.2 Å². The van der Waals surface area contributed by atoms with Gasteiger partial charge in [0.1, 0.15) is 0 Å². The van der Waals surface area contributed by atoms with Crippen molar-refractivity contribution in [1.29, 1.82) is 0 Å². The zero-order valence-corrected chi connectivity index (χ0v) is 10.1. The number of hydrogen-bond donors (Lipinski definition) is 0. The third kappa shape index (κ3) is 3.43. The molecule has 1 aliphatic heterocycles. The van der Waals surface area contributed by atoms with E-state index in [2.05, 4.69) is 44.9 Å². The largest absolute Gasteiger partial charge is 0.380 e. The lowest BCUT2D eigenvalue weighted by Gasteiger charge is -2.17. The van der Waals surface area contributed by atoms with E-state index >= 15 is 0 Å². The quantitative estimate of drug-likeness (QED) is 0.630. The fourth-order valence-electron chi connectivity index (χ4n) is 1.78. The summed E-state index contributed by atoms with van der Waals surface area (Å²) in [5.74, 6) is 0. The molecule has 1 rings (SSSR count). The molecular formula is C12H23NO. The number of rotatable bonds is 2. The number of hydrogen-bond acceptors (Lipinski definition) is 2. The molecule has 0 saturated carbocycles. The lowest BCUT2D eigenvalue weighted by atomic mass is 9.95. The maximum absolute atomic E-state index is 5.37. The van der Waals surface area contributed by atoms with Gasteiger partial charge in [-0.2, -0.15) is 0 Å². The van der Waals surface area contributed by atoms with Crippen LogP contribution in [0.2, 0.25) is 0 Å². The molecule has 0 spiro atoms. The molecule has 1 fully saturated rings. The third-order valence-corrected chi connectivity index (χ3v) is 2.71. The van der Waals surface area contributed by atoms with Crippen LogP contribution in [0.5, 0.6) is 0 Å². The molecule has 1 heterocycles. The van der Waals surface area contributed by atoms with E-state index in [9.17, 15) is 0 Å². The maximum atomic E-state index is 5.37. The number of allylic oxidation sites excluding steroid dienone is 1. The van der Waals surface area contributed by atoms with Crippen molar-refractivity contribution < 1.29 is 4.74 Å². The fourth-order valence-corrected chi connectivity index (χ4v) is 1.78. The van der Waals surface area contributed by atoms with Gasteiger partial charge in [-0.05, 0) is 18.9 Å². The van der Waals surface area contributed by atoms with Crippen LogP contribution in [0.4, 0.5) is 0 Å². The van der Waals surface area contributed by atoms with Crippen molar-refractivity contribution >= 4 is 0 Å². The summed E-state index contributed by atoms with van der Waals surface area (Å²) in [6, 6.07) is 0.555. The predicted octanol–water partition coefficient (Wildman–Crippen LogP) is 2.31. The van der Waals surface area contributed by atoms with E-state index < -0.39 is 0 Å². The van der Waals surface area contributed by atoms with Crippen molar-refractivity contribution in [2.45, 2.75) is 39.3 Å². The minimum atomic E-state index is 0.284. The van der Waals surface area contributed by atoms with Gasteiger partial charge in [0.05, 0.1) is 6.10 Å². The van der Waals surface area contributed by atoms with Gasteiger partial charge in [0.25, 0.3) is 0 Å². The first-order chi connectivity index (χ1) is 6.42. The Morgan fingerprint density at radius 2 is 2.00 bits per heavy atom. The highest BCUT2D eigenvalue weighted by Gasteiger charge is 2.27. The first-order valence-electron chi connectivity index (χ1n) is 5.35. The van der Waals surface area contributed by atoms with Crippen molar-refractivity contribution in [3.8, 4) is 0 Å². The van der Waals surface area contributed by atoms with E-state index in [4.69, 9.17) is 4.74 Å². The van der Waals surface area contributed by atoms with Crippen LogP contribution in [-0.2, 0) is 4.74 Å². The zero-order valence-electron chi connectivity index (χ0n) is 10.1. The number of likely N-dealkylation sites (tertiary alicyclic amines) is 1. The maximum Gasteiger partial charge on any atom is 0.0716 e. The smallest absolute Gasteiger partial charge is 0.0716 e. The Morgan fingerprint density at radius 1 is 1.36 bits per heavy atom. The molecule has 2 atom stereocenters. The predicted molar refractivity (Wildman–Crippen MR) is 60.4 cm³/mol. The fraction of sp³-hybridized carbons (Fsp3) is 0.833. The summed E-state index contributed by atoms with van der Waals surface area (Å²) in [4.78, 5) is 2.36. The number of ether oxygens (including phenoxy) is 1. The van der Waals surface area contributed by atoms with E-state index in [1.165, 1.54) is 0 Å². The molecule has 0 radical (unpaired) electrons. The molecule has 14 heavy (non-hydrogen) atoms. The molecule has 2 unspecified atom stereocenters. The van der Waals surface area contributed by atoms with Crippen LogP contribution in [0.25, 0.3) is 0 Å². The second-order valence-corrected chi connectivity index (χ2v) is 5.33. The highest BCUT2D eigenvalue weighted by atomic mass is 16.5. The lowest BCUT2D eigenvalue weighted by Crippen LogP contribution is -2.23. The molecule has 2 nitrogen and oxygen atoms in total. The van der Waals surface area contributed by atoms with Crippen LogP contribution in [0.15, 0.2) is 12.2 Å². The minimum Gasteiger partial charge on any atom is -0.380 e. The van der Waals surface area contributed by atoms with Gasteiger partial charge in [-0.25, -0.2) is 0 Å². The number of likely N-dealkylation sites (N-methyl/N-ethyl adjacent to an activating group) is 1. The second-order valence-electron chi connectivity index (χ2n) is 5.33. The molecule has 82 valence electrons. The summed E-state index contributed by atoms with van der Waals surface area (Å²) in [6.07, 6.45) is 6.15. The van der Waals surface area contributed by atoms with Crippen molar-refractivity contribution in [2.75, 3.05) is 20.7 Å². The van der Waals surface area contributed by atoms with Gasteiger partial charge in [-0.15, -0.1) is 0 Å². The summed E-state index contributed by atoms with van der Waals surface area (Å²) in [7, 11) is 3.96. The summed E-state index contributed by atoms with van der Waals surface area (Å²) in [5, 5.41) is 0. The Bertz CT molecular complexity index is 205. The topological polar surface area (TPSA) is 12.5 Å². The van der Waals surface area contributed by atoms with E-state index in [0.29, 0.717) is 12.1 Å². The van der Waals surface area contributed by atoms with Crippen molar-refractivity contribution in [2.24, 2.45) is 5.41 Å². The van der Waals surface area contributed by atoms with Gasteiger partial charge in [-0.3, -0.25) is 4.90 Å². The van der Waals surface area contributed by atoms with E-state index in [1.807, 2.05) is 0 Å². The van der Waals surface area contributed by atoms with Crippen LogP contribution < -0.4 is 0 Å². The van der Waals surface area contributed by atoms with Crippen LogP contribution in [-0.4, -0.2) is 37.7 Å².